The van der Waals surface area contributed by atoms with Gasteiger partial charge in [0, 0.05) is 0 Å². The second-order valence-corrected chi connectivity index (χ2v) is 3.69. The van der Waals surface area contributed by atoms with E-state index in [2.05, 4.69) is 25.3 Å². The maximum atomic E-state index is 10.3. The van der Waals surface area contributed by atoms with Gasteiger partial charge in [-0.15, -0.1) is 25.3 Å². The number of hydrogen-bond acceptors (Lipinski definition) is 4. The van der Waals surface area contributed by atoms with Gasteiger partial charge < -0.3 is 0 Å². The molecule has 0 saturated heterocycles. The Morgan fingerprint density at radius 1 is 1.45 bits per heavy atom. The van der Waals surface area contributed by atoms with Crippen LogP contribution in [0.5, 0.6) is 0 Å². The molecule has 60 valence electrons. The maximum Gasteiger partial charge on any atom is 0.209 e. The first-order valence-corrected chi connectivity index (χ1v) is 3.68. The van der Waals surface area contributed by atoms with Gasteiger partial charge in [0.15, 0.2) is 5.03 Å². The number of rotatable bonds is 1. The van der Waals surface area contributed by atoms with Crippen molar-refractivity contribution < 1.29 is 5.03 Å². The molecule has 0 bridgehead atoms. The molecule has 4 nitrogen and oxygen atoms in total. The van der Waals surface area contributed by atoms with Crippen molar-refractivity contribution in [1.29, 1.82) is 0 Å². The lowest BCUT2D eigenvalue weighted by atomic mass is 10.4. The molecular formula is C5H6N2O2S2. The van der Waals surface area contributed by atoms with Gasteiger partial charge in [-0.25, -0.2) is 10.1 Å². The monoisotopic (exact) mass is 190 g/mol. The van der Waals surface area contributed by atoms with Crippen LogP contribution in [-0.2, 0) is 0 Å². The van der Waals surface area contributed by atoms with Crippen LogP contribution in [0.4, 0.5) is 0 Å². The van der Waals surface area contributed by atoms with E-state index in [0.29, 0.717) is 0 Å². The zero-order valence-corrected chi connectivity index (χ0v) is 7.20. The highest BCUT2D eigenvalue weighted by atomic mass is 32.2. The van der Waals surface area contributed by atoms with Crippen molar-refractivity contribution in [2.45, 2.75) is 4.20 Å². The first-order valence-electron chi connectivity index (χ1n) is 2.78. The van der Waals surface area contributed by atoms with E-state index < -0.39 is 9.24 Å². The summed E-state index contributed by atoms with van der Waals surface area (Å²) in [5.41, 5.74) is 0. The van der Waals surface area contributed by atoms with Crippen LogP contribution < -0.4 is 0 Å². The van der Waals surface area contributed by atoms with Crippen LogP contribution >= 0.6 is 25.3 Å². The van der Waals surface area contributed by atoms with E-state index in [9.17, 15) is 10.1 Å². The molecule has 11 heavy (non-hydrogen) atoms. The van der Waals surface area contributed by atoms with E-state index in [1.165, 1.54) is 12.3 Å². The van der Waals surface area contributed by atoms with Gasteiger partial charge in [-0.3, -0.25) is 0 Å². The molecule has 0 aromatic carbocycles. The average Bonchev–Trinajstić information content (AvgIpc) is 1.85. The standard InChI is InChI=1S/C5H6N2O2S2/c8-7(9)6-4-2-1-3-5(6,10)11/h1-4,10-11H. The van der Waals surface area contributed by atoms with Crippen molar-refractivity contribution >= 4 is 25.3 Å². The van der Waals surface area contributed by atoms with Crippen molar-refractivity contribution in [3.05, 3.63) is 34.5 Å². The van der Waals surface area contributed by atoms with Crippen molar-refractivity contribution in [1.82, 2.24) is 5.01 Å². The summed E-state index contributed by atoms with van der Waals surface area (Å²) in [5, 5.41) is 10.6. The van der Waals surface area contributed by atoms with Gasteiger partial charge in [0.05, 0.1) is 6.20 Å². The smallest absolute Gasteiger partial charge is 0.209 e. The number of nitrogens with zero attached hydrogens (tertiary/aromatic N) is 2. The summed E-state index contributed by atoms with van der Waals surface area (Å²) in [6, 6.07) is 0. The Morgan fingerprint density at radius 3 is 2.45 bits per heavy atom. The fraction of sp³-hybridized carbons (Fsp3) is 0.200. The topological polar surface area (TPSA) is 46.4 Å². The van der Waals surface area contributed by atoms with Crippen LogP contribution in [0.2, 0.25) is 0 Å². The second kappa shape index (κ2) is 2.78. The highest BCUT2D eigenvalue weighted by molar-refractivity contribution is 8.00. The van der Waals surface area contributed by atoms with Crippen LogP contribution in [0.3, 0.4) is 0 Å². The molecule has 0 saturated carbocycles. The summed E-state index contributed by atoms with van der Waals surface area (Å²) >= 11 is 7.93. The average molecular weight is 190 g/mol. The Bertz CT molecular complexity index is 237. The van der Waals surface area contributed by atoms with Gasteiger partial charge in [0.25, 0.3) is 0 Å². The van der Waals surface area contributed by atoms with Gasteiger partial charge in [0.1, 0.15) is 0 Å². The summed E-state index contributed by atoms with van der Waals surface area (Å²) in [6.07, 6.45) is 6.02. The molecule has 0 radical (unpaired) electrons. The highest BCUT2D eigenvalue weighted by Crippen LogP contribution is 2.29. The van der Waals surface area contributed by atoms with Crippen LogP contribution in [0.1, 0.15) is 0 Å². The van der Waals surface area contributed by atoms with Crippen molar-refractivity contribution in [3.63, 3.8) is 0 Å². The first-order chi connectivity index (χ1) is 5.04. The van der Waals surface area contributed by atoms with Crippen molar-refractivity contribution in [3.8, 4) is 0 Å². The molecule has 1 heterocycles. The zero-order chi connectivity index (χ0) is 8.48. The van der Waals surface area contributed by atoms with Gasteiger partial charge in [-0.1, -0.05) is 11.1 Å². The number of thiol groups is 2. The molecule has 1 rings (SSSR count). The number of allylic oxidation sites excluding steroid dienone is 2. The third-order valence-electron chi connectivity index (χ3n) is 1.17. The van der Waals surface area contributed by atoms with E-state index in [0.717, 1.165) is 5.01 Å². The Kier molecular flexibility index (Phi) is 2.15. The summed E-state index contributed by atoms with van der Waals surface area (Å²) < 4.78 is -1.13. The third-order valence-corrected chi connectivity index (χ3v) is 1.88. The number of hydrogen-bond donors (Lipinski definition) is 2. The molecule has 0 atom stereocenters. The van der Waals surface area contributed by atoms with E-state index in [4.69, 9.17) is 0 Å². The summed E-state index contributed by atoms with van der Waals surface area (Å²) in [6.45, 7) is 0. The van der Waals surface area contributed by atoms with Gasteiger partial charge in [-0.05, 0) is 12.2 Å². The predicted octanol–water partition coefficient (Wildman–Crippen LogP) is 1.08. The molecule has 0 amide bonds. The minimum absolute atomic E-state index is 0.569. The molecule has 6 heteroatoms. The lowest BCUT2D eigenvalue weighted by Gasteiger charge is -2.25. The minimum atomic E-state index is -1.13. The maximum absolute atomic E-state index is 10.3. The fourth-order valence-electron chi connectivity index (χ4n) is 0.677. The molecule has 1 aliphatic heterocycles. The molecule has 0 spiro atoms. The van der Waals surface area contributed by atoms with E-state index in [1.807, 2.05) is 0 Å². The Hall–Kier alpha value is -0.620. The summed E-state index contributed by atoms with van der Waals surface area (Å²) in [7, 11) is 0. The third kappa shape index (κ3) is 1.69. The largest absolute Gasteiger partial charge is 0.234 e. The molecule has 0 fully saturated rings. The van der Waals surface area contributed by atoms with Crippen LogP contribution in [0, 0.1) is 10.1 Å². The summed E-state index contributed by atoms with van der Waals surface area (Å²) in [4.78, 5) is 10.3. The Morgan fingerprint density at radius 2 is 2.09 bits per heavy atom. The van der Waals surface area contributed by atoms with Gasteiger partial charge in [-0.2, -0.15) is 0 Å². The molecule has 0 N–H and O–H groups in total. The first kappa shape index (κ1) is 8.48. The van der Waals surface area contributed by atoms with Crippen molar-refractivity contribution in [2.24, 2.45) is 0 Å². The predicted molar refractivity (Wildman–Crippen MR) is 47.8 cm³/mol. The SMILES string of the molecule is O=[N+]([O-])N1C=CC=CC1(S)S. The second-order valence-electron chi connectivity index (χ2n) is 1.97. The van der Waals surface area contributed by atoms with Gasteiger partial charge >= 0.3 is 0 Å². The molecule has 0 unspecified atom stereocenters. The summed E-state index contributed by atoms with van der Waals surface area (Å²) in [5.74, 6) is 0. The van der Waals surface area contributed by atoms with E-state index >= 15 is 0 Å². The highest BCUT2D eigenvalue weighted by Gasteiger charge is 2.33. The zero-order valence-electron chi connectivity index (χ0n) is 5.41. The van der Waals surface area contributed by atoms with Crippen LogP contribution in [0.15, 0.2) is 24.4 Å². The number of hydrazine groups is 1. The minimum Gasteiger partial charge on any atom is -0.234 e. The van der Waals surface area contributed by atoms with E-state index in [-0.39, 0.29) is 0 Å². The van der Waals surface area contributed by atoms with Crippen LogP contribution in [0.25, 0.3) is 0 Å². The quantitative estimate of drug-likeness (QED) is 0.281. The van der Waals surface area contributed by atoms with Crippen LogP contribution in [-0.4, -0.2) is 14.2 Å². The molecule has 0 aromatic heterocycles. The molecule has 0 aliphatic carbocycles. The van der Waals surface area contributed by atoms with Gasteiger partial charge in [0.2, 0.25) is 4.20 Å². The lowest BCUT2D eigenvalue weighted by Crippen LogP contribution is -2.39. The van der Waals surface area contributed by atoms with Crippen molar-refractivity contribution in [2.75, 3.05) is 0 Å². The molecular weight excluding hydrogens is 184 g/mol. The number of nitro groups is 1. The lowest BCUT2D eigenvalue weighted by molar-refractivity contribution is -0.643. The normalized spacial score (nSPS) is 20.4. The van der Waals surface area contributed by atoms with E-state index in [1.54, 1.807) is 12.2 Å². The Balaban J connectivity index is 2.89. The molecule has 0 aromatic rings. The Labute approximate surface area is 74.5 Å². The molecule has 1 aliphatic rings. The fourth-order valence-corrected chi connectivity index (χ4v) is 1.13.